The van der Waals surface area contributed by atoms with Crippen LogP contribution in [0.1, 0.15) is 32.1 Å². The summed E-state index contributed by atoms with van der Waals surface area (Å²) in [5.41, 5.74) is 8.61. The Bertz CT molecular complexity index is 623. The van der Waals surface area contributed by atoms with Crippen LogP contribution in [0.15, 0.2) is 21.3 Å². The second-order valence-corrected chi connectivity index (χ2v) is 5.32. The summed E-state index contributed by atoms with van der Waals surface area (Å²) in [5.74, 6) is 0.406. The number of nitrogens with one attached hydrogen (secondary N) is 2. The van der Waals surface area contributed by atoms with Crippen LogP contribution >= 0.6 is 0 Å². The summed E-state index contributed by atoms with van der Waals surface area (Å²) in [7, 11) is 0. The lowest BCUT2D eigenvalue weighted by Gasteiger charge is -2.12. The number of benzene rings is 1. The molecule has 2 aromatic rings. The Balaban J connectivity index is 1.69. The molecular weight excluding hydrogens is 242 g/mol. The van der Waals surface area contributed by atoms with Crippen molar-refractivity contribution in [2.45, 2.75) is 32.1 Å². The minimum Gasteiger partial charge on any atom is -0.408 e. The average molecular weight is 261 g/mol. The van der Waals surface area contributed by atoms with Gasteiger partial charge in [-0.2, -0.15) is 0 Å². The molecule has 4 N–H and O–H groups in total. The number of hydrogen-bond donors (Lipinski definition) is 3. The minimum atomic E-state index is -0.447. The number of anilines is 2. The molecular formula is C14H19N3O2. The van der Waals surface area contributed by atoms with E-state index in [1.165, 1.54) is 32.1 Å². The van der Waals surface area contributed by atoms with Crippen molar-refractivity contribution in [3.63, 3.8) is 0 Å². The fourth-order valence-electron chi connectivity index (χ4n) is 2.88. The van der Waals surface area contributed by atoms with Crippen LogP contribution in [0.25, 0.3) is 11.1 Å². The van der Waals surface area contributed by atoms with Gasteiger partial charge in [0.05, 0.1) is 16.9 Å². The first-order chi connectivity index (χ1) is 9.22. The normalized spacial score (nSPS) is 16.2. The zero-order chi connectivity index (χ0) is 13.2. The van der Waals surface area contributed by atoms with Gasteiger partial charge in [-0.25, -0.2) is 4.79 Å². The van der Waals surface area contributed by atoms with Gasteiger partial charge in [0.1, 0.15) is 0 Å². The summed E-state index contributed by atoms with van der Waals surface area (Å²) < 4.78 is 4.97. The largest absolute Gasteiger partial charge is 0.417 e. The molecule has 0 radical (unpaired) electrons. The Kier molecular flexibility index (Phi) is 3.19. The molecule has 0 atom stereocenters. The monoisotopic (exact) mass is 261 g/mol. The van der Waals surface area contributed by atoms with E-state index in [2.05, 4.69) is 10.3 Å². The molecule has 0 unspecified atom stereocenters. The van der Waals surface area contributed by atoms with Crippen LogP contribution in [0, 0.1) is 5.92 Å². The molecule has 1 heterocycles. The van der Waals surface area contributed by atoms with Crippen LogP contribution < -0.4 is 16.8 Å². The van der Waals surface area contributed by atoms with Gasteiger partial charge in [-0.3, -0.25) is 4.98 Å². The maximum atomic E-state index is 11.1. The zero-order valence-corrected chi connectivity index (χ0v) is 10.9. The molecule has 0 saturated heterocycles. The van der Waals surface area contributed by atoms with Crippen molar-refractivity contribution in [1.29, 1.82) is 0 Å². The van der Waals surface area contributed by atoms with Gasteiger partial charge in [0.15, 0.2) is 5.58 Å². The van der Waals surface area contributed by atoms with Crippen molar-refractivity contribution in [2.24, 2.45) is 5.92 Å². The third-order valence-electron chi connectivity index (χ3n) is 3.93. The van der Waals surface area contributed by atoms with Crippen LogP contribution in [0.4, 0.5) is 11.4 Å². The second kappa shape index (κ2) is 4.99. The lowest BCUT2D eigenvalue weighted by atomic mass is 10.0. The van der Waals surface area contributed by atoms with E-state index in [1.807, 2.05) is 6.07 Å². The van der Waals surface area contributed by atoms with Crippen molar-refractivity contribution in [1.82, 2.24) is 4.98 Å². The van der Waals surface area contributed by atoms with E-state index in [-0.39, 0.29) is 0 Å². The van der Waals surface area contributed by atoms with Gasteiger partial charge in [-0.05, 0) is 18.4 Å². The summed E-state index contributed by atoms with van der Waals surface area (Å²) in [6, 6.07) is 3.52. The lowest BCUT2D eigenvalue weighted by Crippen LogP contribution is -2.08. The number of hydrogen-bond acceptors (Lipinski definition) is 4. The number of rotatable bonds is 4. The van der Waals surface area contributed by atoms with E-state index in [4.69, 9.17) is 10.2 Å². The van der Waals surface area contributed by atoms with Gasteiger partial charge in [-0.15, -0.1) is 0 Å². The quantitative estimate of drug-likeness (QED) is 0.739. The van der Waals surface area contributed by atoms with Crippen molar-refractivity contribution >= 4 is 22.5 Å². The number of H-pyrrole nitrogens is 1. The predicted molar refractivity (Wildman–Crippen MR) is 76.3 cm³/mol. The third kappa shape index (κ3) is 2.59. The van der Waals surface area contributed by atoms with E-state index in [0.29, 0.717) is 16.8 Å². The summed E-state index contributed by atoms with van der Waals surface area (Å²) in [4.78, 5) is 13.8. The topological polar surface area (TPSA) is 84.0 Å². The highest BCUT2D eigenvalue weighted by atomic mass is 16.4. The van der Waals surface area contributed by atoms with E-state index in [0.717, 1.165) is 18.2 Å². The lowest BCUT2D eigenvalue weighted by molar-refractivity contribution is 0.519. The van der Waals surface area contributed by atoms with Crippen molar-refractivity contribution in [3.05, 3.63) is 22.7 Å². The molecule has 0 amide bonds. The van der Waals surface area contributed by atoms with Crippen LogP contribution in [-0.2, 0) is 0 Å². The Labute approximate surface area is 111 Å². The molecule has 1 fully saturated rings. The molecule has 3 rings (SSSR count). The molecule has 1 aliphatic carbocycles. The summed E-state index contributed by atoms with van der Waals surface area (Å²) >= 11 is 0. The molecule has 1 aromatic carbocycles. The second-order valence-electron chi connectivity index (χ2n) is 5.32. The van der Waals surface area contributed by atoms with Crippen molar-refractivity contribution in [3.8, 4) is 0 Å². The Hall–Kier alpha value is -1.91. The Morgan fingerprint density at radius 1 is 1.37 bits per heavy atom. The summed E-state index contributed by atoms with van der Waals surface area (Å²) in [6.45, 7) is 0.919. The van der Waals surface area contributed by atoms with E-state index < -0.39 is 5.76 Å². The molecule has 0 spiro atoms. The first-order valence-corrected chi connectivity index (χ1v) is 6.88. The third-order valence-corrected chi connectivity index (χ3v) is 3.93. The fourth-order valence-corrected chi connectivity index (χ4v) is 2.88. The standard InChI is InChI=1S/C14H19N3O2/c15-10-7-13-12(17-14(18)19-13)8-11(10)16-6-5-9-3-1-2-4-9/h7-9,16H,1-6,15H2,(H,17,18). The van der Waals surface area contributed by atoms with Gasteiger partial charge < -0.3 is 15.5 Å². The number of nitrogen functional groups attached to an aromatic ring is 1. The molecule has 5 heteroatoms. The number of fused-ring (bicyclic) bond motifs is 1. The summed E-state index contributed by atoms with van der Waals surface area (Å²) in [6.07, 6.45) is 6.62. The Morgan fingerprint density at radius 3 is 2.95 bits per heavy atom. The molecule has 5 nitrogen and oxygen atoms in total. The van der Waals surface area contributed by atoms with E-state index in [9.17, 15) is 4.79 Å². The molecule has 102 valence electrons. The number of oxazole rings is 1. The molecule has 1 saturated carbocycles. The van der Waals surface area contributed by atoms with Crippen molar-refractivity contribution in [2.75, 3.05) is 17.6 Å². The van der Waals surface area contributed by atoms with Crippen LogP contribution in [0.3, 0.4) is 0 Å². The maximum absolute atomic E-state index is 11.1. The fraction of sp³-hybridized carbons (Fsp3) is 0.500. The first kappa shape index (κ1) is 12.1. The molecule has 0 aliphatic heterocycles. The van der Waals surface area contributed by atoms with E-state index in [1.54, 1.807) is 6.07 Å². The first-order valence-electron chi connectivity index (χ1n) is 6.88. The van der Waals surface area contributed by atoms with E-state index >= 15 is 0 Å². The highest BCUT2D eigenvalue weighted by molar-refractivity contribution is 5.85. The maximum Gasteiger partial charge on any atom is 0.417 e. The molecule has 0 bridgehead atoms. The Morgan fingerprint density at radius 2 is 2.16 bits per heavy atom. The molecule has 1 aliphatic rings. The average Bonchev–Trinajstić information content (AvgIpc) is 2.98. The van der Waals surface area contributed by atoms with Crippen molar-refractivity contribution < 1.29 is 4.42 Å². The van der Waals surface area contributed by atoms with Gasteiger partial charge in [0.2, 0.25) is 0 Å². The molecule has 19 heavy (non-hydrogen) atoms. The number of nitrogens with two attached hydrogens (primary N) is 1. The predicted octanol–water partition coefficient (Wildman–Crippen LogP) is 2.70. The highest BCUT2D eigenvalue weighted by Gasteiger charge is 2.14. The van der Waals surface area contributed by atoms with Gasteiger partial charge in [0, 0.05) is 12.6 Å². The summed E-state index contributed by atoms with van der Waals surface area (Å²) in [5, 5.41) is 3.35. The van der Waals surface area contributed by atoms with Crippen LogP contribution in [0.2, 0.25) is 0 Å². The van der Waals surface area contributed by atoms with Crippen LogP contribution in [-0.4, -0.2) is 11.5 Å². The number of aromatic nitrogens is 1. The minimum absolute atomic E-state index is 0.447. The van der Waals surface area contributed by atoms with Crippen LogP contribution in [0.5, 0.6) is 0 Å². The molecule has 1 aromatic heterocycles. The highest BCUT2D eigenvalue weighted by Crippen LogP contribution is 2.28. The van der Waals surface area contributed by atoms with Gasteiger partial charge >= 0.3 is 5.76 Å². The SMILES string of the molecule is Nc1cc2oc(=O)[nH]c2cc1NCCC1CCCC1. The zero-order valence-electron chi connectivity index (χ0n) is 10.9. The number of aromatic amines is 1. The smallest absolute Gasteiger partial charge is 0.408 e. The van der Waals surface area contributed by atoms with Gasteiger partial charge in [-0.1, -0.05) is 25.7 Å². The van der Waals surface area contributed by atoms with Gasteiger partial charge in [0.25, 0.3) is 0 Å².